The van der Waals surface area contributed by atoms with Crippen molar-refractivity contribution in [2.75, 3.05) is 14.2 Å². The highest BCUT2D eigenvalue weighted by molar-refractivity contribution is 5.86. The van der Waals surface area contributed by atoms with E-state index in [-0.39, 0.29) is 18.7 Å². The van der Waals surface area contributed by atoms with Crippen molar-refractivity contribution in [1.82, 2.24) is 5.32 Å². The normalized spacial score (nSPS) is 11.8. The lowest BCUT2D eigenvalue weighted by Crippen LogP contribution is -2.46. The maximum Gasteiger partial charge on any atom is 0.328 e. The van der Waals surface area contributed by atoms with Crippen LogP contribution in [-0.2, 0) is 26.2 Å². The lowest BCUT2D eigenvalue weighted by atomic mass is 9.67. The second kappa shape index (κ2) is 12.0. The monoisotopic (exact) mass is 493 g/mol. The second-order valence-corrected chi connectivity index (χ2v) is 8.84. The molecule has 0 aliphatic heterocycles. The number of esters is 1. The molecule has 37 heavy (non-hydrogen) atoms. The summed E-state index contributed by atoms with van der Waals surface area (Å²) in [5.41, 5.74) is 3.01. The van der Waals surface area contributed by atoms with Crippen LogP contribution in [0.5, 0.6) is 5.75 Å². The summed E-state index contributed by atoms with van der Waals surface area (Å²) in [6.07, 6.45) is 0.349. The Labute approximate surface area is 218 Å². The number of carbonyl (C=O) groups excluding carboxylic acids is 2. The van der Waals surface area contributed by atoms with Gasteiger partial charge in [0, 0.05) is 12.8 Å². The number of hydrogen-bond acceptors (Lipinski definition) is 4. The van der Waals surface area contributed by atoms with Gasteiger partial charge in [-0.1, -0.05) is 109 Å². The number of nitrogens with one attached hydrogen (secondary N) is 1. The van der Waals surface area contributed by atoms with Gasteiger partial charge < -0.3 is 14.8 Å². The Bertz CT molecular complexity index is 1210. The number of hydrogen-bond donors (Lipinski definition) is 1. The quantitative estimate of drug-likeness (QED) is 0.240. The topological polar surface area (TPSA) is 64.6 Å². The first-order chi connectivity index (χ1) is 18.1. The third kappa shape index (κ3) is 5.72. The van der Waals surface area contributed by atoms with E-state index in [4.69, 9.17) is 9.47 Å². The van der Waals surface area contributed by atoms with Crippen LogP contribution in [0.15, 0.2) is 115 Å². The molecule has 0 aliphatic rings. The van der Waals surface area contributed by atoms with Crippen LogP contribution in [0.3, 0.4) is 0 Å². The largest absolute Gasteiger partial charge is 0.496 e. The average Bonchev–Trinajstić information content (AvgIpc) is 2.96. The molecule has 0 fully saturated rings. The van der Waals surface area contributed by atoms with E-state index >= 15 is 0 Å². The number of rotatable bonds is 10. The lowest BCUT2D eigenvalue weighted by Gasteiger charge is -2.36. The minimum Gasteiger partial charge on any atom is -0.496 e. The van der Waals surface area contributed by atoms with E-state index in [9.17, 15) is 9.59 Å². The second-order valence-electron chi connectivity index (χ2n) is 8.84. The molecule has 0 saturated carbocycles. The highest BCUT2D eigenvalue weighted by Gasteiger charge is 2.39. The molecule has 0 saturated heterocycles. The Morgan fingerprint density at radius 3 is 1.62 bits per heavy atom. The first-order valence-electron chi connectivity index (χ1n) is 12.2. The maximum absolute atomic E-state index is 13.8. The summed E-state index contributed by atoms with van der Waals surface area (Å²) in [6, 6.07) is 36.6. The first kappa shape index (κ1) is 25.7. The Kier molecular flexibility index (Phi) is 8.37. The van der Waals surface area contributed by atoms with Crippen molar-refractivity contribution in [3.63, 3.8) is 0 Å². The number of methoxy groups -OCH3 is 2. The van der Waals surface area contributed by atoms with Crippen molar-refractivity contribution in [1.29, 1.82) is 0 Å². The molecule has 4 rings (SSSR count). The molecule has 0 spiro atoms. The van der Waals surface area contributed by atoms with Gasteiger partial charge in [0.15, 0.2) is 0 Å². The Morgan fingerprint density at radius 2 is 1.16 bits per heavy atom. The molecule has 0 aromatic heterocycles. The highest BCUT2D eigenvalue weighted by atomic mass is 16.5. The average molecular weight is 494 g/mol. The van der Waals surface area contributed by atoms with Crippen LogP contribution in [0, 0.1) is 0 Å². The minimum atomic E-state index is -0.867. The van der Waals surface area contributed by atoms with Crippen LogP contribution in [0.4, 0.5) is 0 Å². The molecule has 1 atom stereocenters. The maximum atomic E-state index is 13.8. The number of carbonyl (C=O) groups is 2. The van der Waals surface area contributed by atoms with Gasteiger partial charge in [0.1, 0.15) is 11.8 Å². The Hall–Kier alpha value is -4.38. The molecule has 4 aromatic carbocycles. The van der Waals surface area contributed by atoms with Crippen LogP contribution in [0.1, 0.15) is 28.7 Å². The van der Waals surface area contributed by atoms with E-state index < -0.39 is 17.4 Å². The summed E-state index contributed by atoms with van der Waals surface area (Å²) < 4.78 is 10.5. The fourth-order valence-corrected chi connectivity index (χ4v) is 4.89. The van der Waals surface area contributed by atoms with Gasteiger partial charge in [-0.3, -0.25) is 4.79 Å². The highest BCUT2D eigenvalue weighted by Crippen LogP contribution is 2.42. The summed E-state index contributed by atoms with van der Waals surface area (Å²) in [5, 5.41) is 2.96. The molecule has 0 bridgehead atoms. The zero-order valence-corrected chi connectivity index (χ0v) is 21.1. The summed E-state index contributed by atoms with van der Waals surface area (Å²) in [7, 11) is 2.91. The van der Waals surface area contributed by atoms with Crippen molar-refractivity contribution >= 4 is 11.9 Å². The molecule has 0 radical (unpaired) electrons. The molecule has 1 N–H and O–H groups in total. The summed E-state index contributed by atoms with van der Waals surface area (Å²) in [6.45, 7) is 0. The molecule has 0 unspecified atom stereocenters. The van der Waals surface area contributed by atoms with Crippen LogP contribution in [-0.4, -0.2) is 32.1 Å². The van der Waals surface area contributed by atoms with Crippen molar-refractivity contribution < 1.29 is 19.1 Å². The molecule has 0 heterocycles. The zero-order chi connectivity index (χ0) is 26.1. The van der Waals surface area contributed by atoms with Crippen LogP contribution in [0.25, 0.3) is 0 Å². The number of ether oxygens (including phenoxy) is 2. The van der Waals surface area contributed by atoms with Crippen LogP contribution < -0.4 is 10.1 Å². The zero-order valence-electron chi connectivity index (χ0n) is 21.1. The van der Waals surface area contributed by atoms with Crippen molar-refractivity contribution in [3.8, 4) is 5.75 Å². The third-order valence-electron chi connectivity index (χ3n) is 6.66. The molecular weight excluding hydrogens is 462 g/mol. The number of benzene rings is 4. The smallest absolute Gasteiger partial charge is 0.328 e. The number of amides is 1. The molecule has 0 aliphatic carbocycles. The molecular formula is C32H31NO4. The van der Waals surface area contributed by atoms with E-state index in [1.54, 1.807) is 7.11 Å². The van der Waals surface area contributed by atoms with Gasteiger partial charge in [0.25, 0.3) is 0 Å². The van der Waals surface area contributed by atoms with Crippen LogP contribution >= 0.6 is 0 Å². The summed E-state index contributed by atoms with van der Waals surface area (Å²) >= 11 is 0. The fourth-order valence-electron chi connectivity index (χ4n) is 4.89. The molecule has 4 aromatic rings. The minimum absolute atomic E-state index is 0.102. The fraction of sp³-hybridized carbons (Fsp3) is 0.188. The SMILES string of the molecule is COC(=O)[C@H](Cc1ccccc1OC)NC(=O)CC(c1ccccc1)(c1ccccc1)c1ccccc1. The van der Waals surface area contributed by atoms with E-state index in [2.05, 4.69) is 5.32 Å². The van der Waals surface area contributed by atoms with Gasteiger partial charge in [0.05, 0.1) is 19.6 Å². The molecule has 5 heteroatoms. The first-order valence-corrected chi connectivity index (χ1v) is 12.2. The van der Waals surface area contributed by atoms with E-state index in [1.165, 1.54) is 7.11 Å². The van der Waals surface area contributed by atoms with Gasteiger partial charge >= 0.3 is 5.97 Å². The van der Waals surface area contributed by atoms with E-state index in [0.29, 0.717) is 5.75 Å². The van der Waals surface area contributed by atoms with Gasteiger partial charge in [-0.05, 0) is 28.3 Å². The van der Waals surface area contributed by atoms with E-state index in [0.717, 1.165) is 22.3 Å². The van der Waals surface area contributed by atoms with Crippen molar-refractivity contribution in [2.24, 2.45) is 0 Å². The van der Waals surface area contributed by atoms with Gasteiger partial charge in [-0.25, -0.2) is 4.79 Å². The van der Waals surface area contributed by atoms with Gasteiger partial charge in [0.2, 0.25) is 5.91 Å². The van der Waals surface area contributed by atoms with E-state index in [1.807, 2.05) is 115 Å². The summed E-state index contributed by atoms with van der Waals surface area (Å²) in [5.74, 6) is -0.122. The molecule has 188 valence electrons. The van der Waals surface area contributed by atoms with Crippen molar-refractivity contribution in [3.05, 3.63) is 138 Å². The lowest BCUT2D eigenvalue weighted by molar-refractivity contribution is -0.145. The van der Waals surface area contributed by atoms with Crippen molar-refractivity contribution in [2.45, 2.75) is 24.3 Å². The summed E-state index contributed by atoms with van der Waals surface area (Å²) in [4.78, 5) is 26.6. The van der Waals surface area contributed by atoms with Crippen LogP contribution in [0.2, 0.25) is 0 Å². The predicted octanol–water partition coefficient (Wildman–Crippen LogP) is 5.32. The number of para-hydroxylation sites is 1. The third-order valence-corrected chi connectivity index (χ3v) is 6.66. The van der Waals surface area contributed by atoms with Gasteiger partial charge in [-0.15, -0.1) is 0 Å². The molecule has 5 nitrogen and oxygen atoms in total. The predicted molar refractivity (Wildman–Crippen MR) is 144 cm³/mol. The molecule has 1 amide bonds. The van der Waals surface area contributed by atoms with Gasteiger partial charge in [-0.2, -0.15) is 0 Å². The Morgan fingerprint density at radius 1 is 0.703 bits per heavy atom. The Balaban J connectivity index is 1.74. The standard InChI is InChI=1S/C32H31NO4/c1-36-29-21-13-12-14-24(29)22-28(31(35)37-2)33-30(34)23-32(25-15-6-3-7-16-25,26-17-8-4-9-18-26)27-19-10-5-11-20-27/h3-21,28H,22-23H2,1-2H3,(H,33,34)/t28-/m0/s1.